The zero-order valence-corrected chi connectivity index (χ0v) is 16.9. The molecule has 0 nitrogen and oxygen atoms in total. The zero-order valence-electron chi connectivity index (χ0n) is 15.3. The molecule has 5 rings (SSSR count). The fraction of sp³-hybridized carbons (Fsp3) is 0. The van der Waals surface area contributed by atoms with Crippen LogP contribution in [0.1, 0.15) is 0 Å². The van der Waals surface area contributed by atoms with Crippen LogP contribution in [0.2, 0.25) is 0 Å². The van der Waals surface area contributed by atoms with Crippen LogP contribution in [0.15, 0.2) is 95.5 Å². The van der Waals surface area contributed by atoms with Crippen molar-refractivity contribution in [3.8, 4) is 22.3 Å². The van der Waals surface area contributed by atoms with Crippen molar-refractivity contribution in [2.45, 2.75) is 0 Å². The number of hydrogen-bond acceptors (Lipinski definition) is 0. The highest BCUT2D eigenvalue weighted by Crippen LogP contribution is 2.44. The average molecular weight is 445 g/mol. The van der Waals surface area contributed by atoms with E-state index in [2.05, 4.69) is 40.2 Å². The first-order valence-corrected chi connectivity index (χ1v) is 10.1. The maximum atomic E-state index is 13.6. The Morgan fingerprint density at radius 1 is 0.483 bits per heavy atom. The molecule has 0 atom stereocenters. The first kappa shape index (κ1) is 18.0. The predicted octanol–water partition coefficient (Wildman–Crippen LogP) is 8.37. The molecule has 0 aliphatic heterocycles. The Labute approximate surface area is 175 Å². The summed E-state index contributed by atoms with van der Waals surface area (Å²) in [6.07, 6.45) is 0. The third-order valence-corrected chi connectivity index (χ3v) is 5.75. The van der Waals surface area contributed by atoms with Crippen LogP contribution < -0.4 is 0 Å². The van der Waals surface area contributed by atoms with Crippen LogP contribution in [-0.2, 0) is 0 Å². The van der Waals surface area contributed by atoms with Crippen molar-refractivity contribution in [3.63, 3.8) is 0 Å². The molecule has 5 aromatic rings. The van der Waals surface area contributed by atoms with Crippen molar-refractivity contribution in [3.05, 3.63) is 107 Å². The predicted molar refractivity (Wildman–Crippen MR) is 120 cm³/mol. The molecular weight excluding hydrogens is 430 g/mol. The van der Waals surface area contributed by atoms with E-state index in [0.29, 0.717) is 0 Å². The third-order valence-electron chi connectivity index (χ3n) is 5.25. The number of benzene rings is 5. The summed E-state index contributed by atoms with van der Waals surface area (Å²) in [5.74, 6) is -0.514. The van der Waals surface area contributed by atoms with Crippen molar-refractivity contribution >= 4 is 37.5 Å². The molecule has 0 saturated heterocycles. The van der Waals surface area contributed by atoms with Gasteiger partial charge in [0.05, 0.1) is 0 Å². The summed E-state index contributed by atoms with van der Waals surface area (Å²) in [5.41, 5.74) is 4.04. The Morgan fingerprint density at radius 3 is 1.45 bits per heavy atom. The summed E-state index contributed by atoms with van der Waals surface area (Å²) in [7, 11) is 0. The molecule has 0 aliphatic carbocycles. The highest BCUT2D eigenvalue weighted by Gasteiger charge is 2.16. The lowest BCUT2D eigenvalue weighted by atomic mass is 9.86. The molecule has 0 bridgehead atoms. The van der Waals surface area contributed by atoms with Crippen molar-refractivity contribution < 1.29 is 8.78 Å². The normalized spacial score (nSPS) is 11.3. The summed E-state index contributed by atoms with van der Waals surface area (Å²) >= 11 is 3.60. The van der Waals surface area contributed by atoms with E-state index in [4.69, 9.17) is 0 Å². The van der Waals surface area contributed by atoms with Gasteiger partial charge in [-0.05, 0) is 80.2 Å². The van der Waals surface area contributed by atoms with Gasteiger partial charge in [0.15, 0.2) is 0 Å². The molecule has 0 aliphatic rings. The molecule has 0 heterocycles. The molecule has 140 valence electrons. The van der Waals surface area contributed by atoms with E-state index in [-0.39, 0.29) is 11.6 Å². The molecule has 0 unspecified atom stereocenters. The molecular formula is C26H15BrF2. The minimum atomic E-state index is -0.258. The molecule has 0 spiro atoms. The topological polar surface area (TPSA) is 0 Å². The van der Waals surface area contributed by atoms with E-state index in [1.807, 2.05) is 42.5 Å². The minimum Gasteiger partial charge on any atom is -0.207 e. The molecule has 0 N–H and O–H groups in total. The fourth-order valence-corrected chi connectivity index (χ4v) is 4.37. The summed E-state index contributed by atoms with van der Waals surface area (Å²) in [4.78, 5) is 0. The number of fused-ring (bicyclic) bond motifs is 2. The number of rotatable bonds is 2. The standard InChI is InChI=1S/C26H15BrF2/c27-18-9-14-23-24(15-18)26(17-7-12-20(29)13-8-17)22-4-2-1-3-21(22)25(23)16-5-10-19(28)11-6-16/h1-15H. The van der Waals surface area contributed by atoms with Gasteiger partial charge in [0.2, 0.25) is 0 Å². The second kappa shape index (κ2) is 7.09. The van der Waals surface area contributed by atoms with Crippen LogP contribution in [0.4, 0.5) is 8.78 Å². The summed E-state index contributed by atoms with van der Waals surface area (Å²) in [6, 6.07) is 27.6. The second-order valence-electron chi connectivity index (χ2n) is 7.00. The molecule has 3 heteroatoms. The van der Waals surface area contributed by atoms with Crippen molar-refractivity contribution in [2.24, 2.45) is 0 Å². The molecule has 29 heavy (non-hydrogen) atoms. The van der Waals surface area contributed by atoms with Crippen LogP contribution in [0.5, 0.6) is 0 Å². The van der Waals surface area contributed by atoms with Crippen LogP contribution in [0.3, 0.4) is 0 Å². The van der Waals surface area contributed by atoms with Gasteiger partial charge in [0.1, 0.15) is 11.6 Å². The summed E-state index contributed by atoms with van der Waals surface area (Å²) in [5, 5.41) is 4.28. The van der Waals surface area contributed by atoms with Gasteiger partial charge in [0.25, 0.3) is 0 Å². The first-order valence-electron chi connectivity index (χ1n) is 9.28. The lowest BCUT2D eigenvalue weighted by Crippen LogP contribution is -1.91. The quantitative estimate of drug-likeness (QED) is 0.240. The SMILES string of the molecule is Fc1ccc(-c2c3ccccc3c(-c3ccc(F)cc3)c3cc(Br)ccc23)cc1. The van der Waals surface area contributed by atoms with Gasteiger partial charge in [-0.2, -0.15) is 0 Å². The van der Waals surface area contributed by atoms with Gasteiger partial charge in [0, 0.05) is 4.47 Å². The summed E-state index contributed by atoms with van der Waals surface area (Å²) < 4.78 is 28.1. The van der Waals surface area contributed by atoms with Gasteiger partial charge in [-0.25, -0.2) is 8.78 Å². The largest absolute Gasteiger partial charge is 0.207 e. The zero-order chi connectivity index (χ0) is 20.0. The second-order valence-corrected chi connectivity index (χ2v) is 7.91. The Kier molecular flexibility index (Phi) is 4.40. The minimum absolute atomic E-state index is 0.256. The molecule has 0 radical (unpaired) electrons. The molecule has 0 aromatic heterocycles. The number of halogens is 3. The highest BCUT2D eigenvalue weighted by atomic mass is 79.9. The van der Waals surface area contributed by atoms with Crippen LogP contribution >= 0.6 is 15.9 Å². The van der Waals surface area contributed by atoms with Crippen LogP contribution in [0, 0.1) is 11.6 Å². The van der Waals surface area contributed by atoms with E-state index in [1.54, 1.807) is 0 Å². The van der Waals surface area contributed by atoms with Gasteiger partial charge < -0.3 is 0 Å². The van der Waals surface area contributed by atoms with Gasteiger partial charge in [-0.3, -0.25) is 0 Å². The highest BCUT2D eigenvalue weighted by molar-refractivity contribution is 9.10. The van der Waals surface area contributed by atoms with Gasteiger partial charge >= 0.3 is 0 Å². The van der Waals surface area contributed by atoms with E-state index in [9.17, 15) is 8.78 Å². The monoisotopic (exact) mass is 444 g/mol. The maximum absolute atomic E-state index is 13.6. The Bertz CT molecular complexity index is 1350. The molecule has 5 aromatic carbocycles. The smallest absolute Gasteiger partial charge is 0.123 e. The summed E-state index contributed by atoms with van der Waals surface area (Å²) in [6.45, 7) is 0. The fourth-order valence-electron chi connectivity index (χ4n) is 4.01. The van der Waals surface area contributed by atoms with Crippen molar-refractivity contribution in [1.82, 2.24) is 0 Å². The first-order chi connectivity index (χ1) is 14.1. The Balaban J connectivity index is 1.98. The maximum Gasteiger partial charge on any atom is 0.123 e. The van der Waals surface area contributed by atoms with E-state index < -0.39 is 0 Å². The van der Waals surface area contributed by atoms with Crippen molar-refractivity contribution in [1.29, 1.82) is 0 Å². The third kappa shape index (κ3) is 3.12. The Hall–Kier alpha value is -3.04. The van der Waals surface area contributed by atoms with Crippen LogP contribution in [0.25, 0.3) is 43.8 Å². The van der Waals surface area contributed by atoms with Crippen LogP contribution in [-0.4, -0.2) is 0 Å². The van der Waals surface area contributed by atoms with Gasteiger partial charge in [-0.15, -0.1) is 0 Å². The lowest BCUT2D eigenvalue weighted by molar-refractivity contribution is 0.627. The molecule has 0 fully saturated rings. The van der Waals surface area contributed by atoms with E-state index in [1.165, 1.54) is 24.3 Å². The number of hydrogen-bond donors (Lipinski definition) is 0. The lowest BCUT2D eigenvalue weighted by Gasteiger charge is -2.18. The average Bonchev–Trinajstić information content (AvgIpc) is 2.74. The van der Waals surface area contributed by atoms with E-state index in [0.717, 1.165) is 48.3 Å². The molecule has 0 saturated carbocycles. The van der Waals surface area contributed by atoms with E-state index >= 15 is 0 Å². The molecule has 0 amide bonds. The Morgan fingerprint density at radius 2 is 0.931 bits per heavy atom. The van der Waals surface area contributed by atoms with Gasteiger partial charge in [-0.1, -0.05) is 70.5 Å². The van der Waals surface area contributed by atoms with Crippen molar-refractivity contribution in [2.75, 3.05) is 0 Å².